The minimum Gasteiger partial charge on any atom is -0.493 e. The molecule has 1 fully saturated rings. The van der Waals surface area contributed by atoms with Crippen molar-refractivity contribution >= 4 is 29.0 Å². The van der Waals surface area contributed by atoms with E-state index in [1.165, 1.54) is 6.20 Å². The van der Waals surface area contributed by atoms with Crippen LogP contribution < -0.4 is 20.7 Å². The van der Waals surface area contributed by atoms with Crippen LogP contribution in [0.15, 0.2) is 48.7 Å². The van der Waals surface area contributed by atoms with Gasteiger partial charge in [0.2, 0.25) is 11.9 Å². The number of amides is 1. The van der Waals surface area contributed by atoms with Gasteiger partial charge < -0.3 is 25.4 Å². The molecule has 220 valence electrons. The number of nitriles is 1. The van der Waals surface area contributed by atoms with Crippen molar-refractivity contribution in [3.63, 3.8) is 0 Å². The highest BCUT2D eigenvalue weighted by molar-refractivity contribution is 5.76. The molecule has 0 spiro atoms. The zero-order valence-electron chi connectivity index (χ0n) is 24.1. The Hall–Kier alpha value is -4.24. The van der Waals surface area contributed by atoms with E-state index in [-0.39, 0.29) is 5.91 Å². The summed E-state index contributed by atoms with van der Waals surface area (Å²) >= 11 is 0. The van der Waals surface area contributed by atoms with E-state index in [0.29, 0.717) is 49.9 Å². The van der Waals surface area contributed by atoms with Gasteiger partial charge in [0.1, 0.15) is 17.4 Å². The van der Waals surface area contributed by atoms with E-state index < -0.39 is 0 Å². The summed E-state index contributed by atoms with van der Waals surface area (Å²) < 4.78 is 11.5. The number of hydrogen-bond acceptors (Lipinski definition) is 10. The van der Waals surface area contributed by atoms with Crippen molar-refractivity contribution in [1.29, 1.82) is 5.26 Å². The number of aryl methyl sites for hydroxylation is 1. The van der Waals surface area contributed by atoms with Crippen LogP contribution in [0.1, 0.15) is 29.5 Å². The Bertz CT molecular complexity index is 1390. The highest BCUT2D eigenvalue weighted by Gasteiger charge is 2.15. The molecule has 2 aromatic carbocycles. The molecule has 1 amide bonds. The standard InChI is InChI=1S/C31H38N8O3/c1-23-19-27-7-8-28(23)42-16-2-10-33-29(40)9-11-39(13-12-38-14-17-41-18-15-38)22-24-3-5-26(6-4-24)35-30-25(20-32)21-34-31(36-27)37-30/h3-8,19,21H,2,9-18,22H2,1H3,(H,33,40)(H2,34,35,36,37). The summed E-state index contributed by atoms with van der Waals surface area (Å²) in [5, 5.41) is 19.2. The zero-order valence-corrected chi connectivity index (χ0v) is 24.1. The number of morpholine rings is 1. The van der Waals surface area contributed by atoms with Gasteiger partial charge in [-0.1, -0.05) is 12.1 Å². The largest absolute Gasteiger partial charge is 0.493 e. The number of ether oxygens (including phenoxy) is 2. The highest BCUT2D eigenvalue weighted by Crippen LogP contribution is 2.25. The molecular weight excluding hydrogens is 532 g/mol. The van der Waals surface area contributed by atoms with Crippen molar-refractivity contribution in [3.8, 4) is 11.8 Å². The monoisotopic (exact) mass is 570 g/mol. The molecule has 0 radical (unpaired) electrons. The Kier molecular flexibility index (Phi) is 10.2. The predicted molar refractivity (Wildman–Crippen MR) is 161 cm³/mol. The van der Waals surface area contributed by atoms with E-state index in [2.05, 4.69) is 53.9 Å². The smallest absolute Gasteiger partial charge is 0.229 e. The van der Waals surface area contributed by atoms with E-state index in [1.807, 2.05) is 37.3 Å². The van der Waals surface area contributed by atoms with Gasteiger partial charge in [0.25, 0.3) is 0 Å². The number of nitrogens with zero attached hydrogens (tertiary/aromatic N) is 5. The van der Waals surface area contributed by atoms with Crippen LogP contribution in [-0.2, 0) is 16.1 Å². The van der Waals surface area contributed by atoms with Gasteiger partial charge in [-0.3, -0.25) is 14.6 Å². The number of carbonyl (C=O) groups is 1. The average molecular weight is 571 g/mol. The molecule has 0 unspecified atom stereocenters. The van der Waals surface area contributed by atoms with E-state index in [9.17, 15) is 10.1 Å². The number of rotatable bonds is 3. The first kappa shape index (κ1) is 29.3. The van der Waals surface area contributed by atoms with Gasteiger partial charge in [-0.2, -0.15) is 10.2 Å². The molecular formula is C31H38N8O3. The van der Waals surface area contributed by atoms with Gasteiger partial charge in [0, 0.05) is 63.6 Å². The number of aromatic nitrogens is 2. The van der Waals surface area contributed by atoms with Crippen LogP contribution in [0.2, 0.25) is 0 Å². The lowest BCUT2D eigenvalue weighted by atomic mass is 10.1. The summed E-state index contributed by atoms with van der Waals surface area (Å²) in [6.45, 7) is 9.65. The molecule has 0 atom stereocenters. The summed E-state index contributed by atoms with van der Waals surface area (Å²) in [6.07, 6.45) is 2.66. The Morgan fingerprint density at radius 1 is 0.976 bits per heavy atom. The van der Waals surface area contributed by atoms with Gasteiger partial charge >= 0.3 is 0 Å². The summed E-state index contributed by atoms with van der Waals surface area (Å²) in [7, 11) is 0. The van der Waals surface area contributed by atoms with Gasteiger partial charge in [-0.25, -0.2) is 4.98 Å². The van der Waals surface area contributed by atoms with Crippen LogP contribution in [0.25, 0.3) is 0 Å². The molecule has 5 aliphatic heterocycles. The second-order valence-corrected chi connectivity index (χ2v) is 10.5. The van der Waals surface area contributed by atoms with Crippen LogP contribution in [0.4, 0.5) is 23.1 Å². The summed E-state index contributed by atoms with van der Waals surface area (Å²) in [6, 6.07) is 16.0. The van der Waals surface area contributed by atoms with Crippen LogP contribution in [0, 0.1) is 18.3 Å². The Morgan fingerprint density at radius 2 is 1.76 bits per heavy atom. The van der Waals surface area contributed by atoms with E-state index in [4.69, 9.17) is 9.47 Å². The molecule has 0 saturated carbocycles. The molecule has 11 nitrogen and oxygen atoms in total. The van der Waals surface area contributed by atoms with Gasteiger partial charge in [0.05, 0.1) is 26.0 Å². The van der Waals surface area contributed by atoms with Gasteiger partial charge in [-0.15, -0.1) is 0 Å². The minimum atomic E-state index is 0.0482. The fourth-order valence-electron chi connectivity index (χ4n) is 4.93. The minimum absolute atomic E-state index is 0.0482. The average Bonchev–Trinajstić information content (AvgIpc) is 3.00. The van der Waals surface area contributed by atoms with Crippen molar-refractivity contribution < 1.29 is 14.3 Å². The van der Waals surface area contributed by atoms with Crippen LogP contribution in [0.3, 0.4) is 0 Å². The molecule has 6 bridgehead atoms. The van der Waals surface area contributed by atoms with E-state index in [0.717, 1.165) is 74.2 Å². The maximum Gasteiger partial charge on any atom is 0.229 e. The third-order valence-corrected chi connectivity index (χ3v) is 7.36. The molecule has 8 rings (SSSR count). The first-order valence-corrected chi connectivity index (χ1v) is 14.5. The van der Waals surface area contributed by atoms with Crippen molar-refractivity contribution in [2.45, 2.75) is 26.3 Å². The third kappa shape index (κ3) is 8.39. The van der Waals surface area contributed by atoms with Crippen molar-refractivity contribution in [2.24, 2.45) is 0 Å². The van der Waals surface area contributed by atoms with Crippen LogP contribution in [0.5, 0.6) is 5.75 Å². The quantitative estimate of drug-likeness (QED) is 0.430. The molecule has 3 aromatic rings. The number of hydrogen-bond donors (Lipinski definition) is 3. The topological polar surface area (TPSA) is 128 Å². The molecule has 5 aliphatic rings. The SMILES string of the molecule is Cc1cc2ccc1OCCCNC(=O)CCN(CCN1CCOCC1)Cc1ccc(cc1)Nc1nc(ncc1C#N)N2. The Balaban J connectivity index is 1.34. The first-order valence-electron chi connectivity index (χ1n) is 14.5. The number of anilines is 4. The molecule has 11 heteroatoms. The van der Waals surface area contributed by atoms with Crippen molar-refractivity contribution in [3.05, 3.63) is 65.4 Å². The van der Waals surface area contributed by atoms with Crippen molar-refractivity contribution in [1.82, 2.24) is 25.1 Å². The van der Waals surface area contributed by atoms with Gasteiger partial charge in [-0.05, 0) is 54.8 Å². The van der Waals surface area contributed by atoms with Gasteiger partial charge in [0.15, 0.2) is 5.82 Å². The van der Waals surface area contributed by atoms with Crippen LogP contribution in [-0.4, -0.2) is 84.8 Å². The summed E-state index contributed by atoms with van der Waals surface area (Å²) in [5.74, 6) is 1.64. The molecule has 42 heavy (non-hydrogen) atoms. The molecule has 1 aromatic heterocycles. The van der Waals surface area contributed by atoms with Crippen LogP contribution >= 0.6 is 0 Å². The maximum atomic E-state index is 12.7. The molecule has 0 aliphatic carbocycles. The number of benzene rings is 2. The van der Waals surface area contributed by atoms with Crippen molar-refractivity contribution in [2.75, 3.05) is 69.7 Å². The van der Waals surface area contributed by atoms with E-state index in [1.54, 1.807) is 0 Å². The first-order chi connectivity index (χ1) is 20.6. The molecule has 1 saturated heterocycles. The summed E-state index contributed by atoms with van der Waals surface area (Å²) in [5.41, 5.74) is 4.08. The Labute approximate surface area is 246 Å². The Morgan fingerprint density at radius 3 is 2.55 bits per heavy atom. The lowest BCUT2D eigenvalue weighted by Gasteiger charge is -2.30. The number of nitrogens with one attached hydrogen (secondary N) is 3. The number of carbonyl (C=O) groups excluding carboxylic acids is 1. The lowest BCUT2D eigenvalue weighted by molar-refractivity contribution is -0.121. The highest BCUT2D eigenvalue weighted by atomic mass is 16.5. The summed E-state index contributed by atoms with van der Waals surface area (Å²) in [4.78, 5) is 26.3. The second kappa shape index (κ2) is 14.6. The normalized spacial score (nSPS) is 17.4. The fraction of sp³-hybridized carbons (Fsp3) is 0.419. The lowest BCUT2D eigenvalue weighted by Crippen LogP contribution is -2.42. The molecule has 3 N–H and O–H groups in total. The zero-order chi connectivity index (χ0) is 29.1. The fourth-order valence-corrected chi connectivity index (χ4v) is 4.93. The maximum absolute atomic E-state index is 12.7. The third-order valence-electron chi connectivity index (χ3n) is 7.36. The second-order valence-electron chi connectivity index (χ2n) is 10.5. The molecule has 6 heterocycles. The van der Waals surface area contributed by atoms with E-state index >= 15 is 0 Å². The predicted octanol–water partition coefficient (Wildman–Crippen LogP) is 3.57.